The van der Waals surface area contributed by atoms with Gasteiger partial charge in [-0.3, -0.25) is 14.6 Å². The number of allylic oxidation sites excluding steroid dienone is 1. The number of carbonyl (C=O) groups is 1. The lowest BCUT2D eigenvalue weighted by Gasteiger charge is -2.53. The monoisotopic (exact) mass is 800 g/mol. The number of hydrogen-bond acceptors (Lipinski definition) is 8. The molecule has 13 heteroatoms. The van der Waals surface area contributed by atoms with Gasteiger partial charge < -0.3 is 14.4 Å². The number of ether oxygens (including phenoxy) is 2. The molecule has 3 fully saturated rings. The quantitative estimate of drug-likeness (QED) is 0.344. The van der Waals surface area contributed by atoms with E-state index >= 15 is 0 Å². The van der Waals surface area contributed by atoms with Gasteiger partial charge in [0, 0.05) is 87.8 Å². The molecule has 2 bridgehead atoms. The van der Waals surface area contributed by atoms with E-state index < -0.39 is 32.7 Å². The Morgan fingerprint density at radius 1 is 1.05 bits per heavy atom. The lowest BCUT2D eigenvalue weighted by atomic mass is 9.63. The molecule has 2 aromatic carbocycles. The Kier molecular flexibility index (Phi) is 10.6. The second kappa shape index (κ2) is 14.9. The first kappa shape index (κ1) is 39.1. The predicted molar refractivity (Wildman–Crippen MR) is 211 cm³/mol. The number of carbonyl (C=O) groups excluding carboxylic acids is 1. The van der Waals surface area contributed by atoms with Crippen molar-refractivity contribution >= 4 is 33.2 Å². The van der Waals surface area contributed by atoms with E-state index in [1.54, 1.807) is 32.2 Å². The van der Waals surface area contributed by atoms with Crippen LogP contribution in [0.25, 0.3) is 0 Å². The molecule has 7 atom stereocenters. The first-order valence-corrected chi connectivity index (χ1v) is 22.1. The Labute approximate surface area is 329 Å². The van der Waals surface area contributed by atoms with Crippen LogP contribution in [0.4, 0.5) is 14.5 Å². The van der Waals surface area contributed by atoms with Gasteiger partial charge >= 0.3 is 0 Å². The second-order valence-corrected chi connectivity index (χ2v) is 19.9. The number of hydrogen-bond donors (Lipinski definition) is 1. The normalized spacial score (nSPS) is 35.6. The van der Waals surface area contributed by atoms with Crippen molar-refractivity contribution in [1.29, 1.82) is 0 Å². The zero-order valence-electron chi connectivity index (χ0n) is 32.2. The summed E-state index contributed by atoms with van der Waals surface area (Å²) in [6.07, 6.45) is 9.25. The summed E-state index contributed by atoms with van der Waals surface area (Å²) in [7, 11) is -2.26. The number of piperazine rings is 1. The molecule has 1 N–H and O–H groups in total. The van der Waals surface area contributed by atoms with Crippen LogP contribution in [-0.4, -0.2) is 106 Å². The van der Waals surface area contributed by atoms with Crippen molar-refractivity contribution in [2.75, 3.05) is 64.4 Å². The van der Waals surface area contributed by atoms with E-state index in [2.05, 4.69) is 37.6 Å². The Bertz CT molecular complexity index is 1930. The molecule has 9 nitrogen and oxygen atoms in total. The number of amides is 1. The Morgan fingerprint density at radius 2 is 1.89 bits per heavy atom. The number of methoxy groups -OCH3 is 1. The summed E-state index contributed by atoms with van der Waals surface area (Å²) in [5, 5.41) is -0.128. The predicted octanol–water partition coefficient (Wildman–Crippen LogP) is 6.68. The number of nitrogens with zero attached hydrogens (tertiary/aromatic N) is 3. The Balaban J connectivity index is 1.18. The summed E-state index contributed by atoms with van der Waals surface area (Å²) in [4.78, 5) is 20.6. The van der Waals surface area contributed by atoms with Gasteiger partial charge in [-0.05, 0) is 105 Å². The molecule has 1 spiro atoms. The van der Waals surface area contributed by atoms with Crippen LogP contribution in [0.1, 0.15) is 80.3 Å². The molecule has 2 saturated heterocycles. The molecule has 1 amide bonds. The number of alkyl halides is 2. The van der Waals surface area contributed by atoms with Gasteiger partial charge in [0.1, 0.15) is 11.4 Å². The molecule has 300 valence electrons. The molecule has 8 rings (SSSR count). The molecular formula is C42H55ClF2N4O5S. The van der Waals surface area contributed by atoms with E-state index in [1.807, 2.05) is 19.1 Å². The van der Waals surface area contributed by atoms with Crippen molar-refractivity contribution in [1.82, 2.24) is 14.5 Å². The summed E-state index contributed by atoms with van der Waals surface area (Å²) >= 11 is 6.49. The van der Waals surface area contributed by atoms with Crippen molar-refractivity contribution in [2.45, 2.75) is 93.4 Å². The highest BCUT2D eigenvalue weighted by atomic mass is 35.5. The van der Waals surface area contributed by atoms with Crippen molar-refractivity contribution in [3.05, 3.63) is 70.3 Å². The van der Waals surface area contributed by atoms with Crippen LogP contribution in [0, 0.1) is 17.8 Å². The number of benzene rings is 2. The first-order valence-electron chi connectivity index (χ1n) is 20.1. The number of rotatable bonds is 3. The van der Waals surface area contributed by atoms with E-state index in [4.69, 9.17) is 21.1 Å². The average molecular weight is 801 g/mol. The Hall–Kier alpha value is -2.77. The van der Waals surface area contributed by atoms with Gasteiger partial charge in [0.15, 0.2) is 0 Å². The van der Waals surface area contributed by atoms with Gasteiger partial charge in [-0.1, -0.05) is 36.7 Å². The zero-order chi connectivity index (χ0) is 38.8. The number of nitrogens with one attached hydrogen (secondary N) is 1. The Morgan fingerprint density at radius 3 is 2.67 bits per heavy atom. The summed E-state index contributed by atoms with van der Waals surface area (Å²) in [6, 6.07) is 11.2. The molecule has 55 heavy (non-hydrogen) atoms. The third-order valence-corrected chi connectivity index (χ3v) is 16.2. The average Bonchev–Trinajstić information content (AvgIpc) is 3.28. The lowest BCUT2D eigenvalue weighted by Crippen LogP contribution is -2.62. The van der Waals surface area contributed by atoms with Crippen LogP contribution >= 0.6 is 11.6 Å². The standard InChI is InChI=1S/C42H55ClF2N4O5S/c1-28-6-4-15-41(53-3,26-47-18-19-48-17-16-42(44,45)22-34(48)24-47)36-11-8-32(36)23-49-25-40(14-5-7-30-20-33(43)10-12-35(30)40)27-54-38-13-9-31(21-37(38)49)39(50)46-55(51,52)29(28)2/h4,9-10,12-13,15,20-21,28-29,32,34,36H,5-8,11,14,16-19,22-27H2,1-3H3,(H,46,50)/b15-4-/t28-,29+,32-,34?,36+,40-,41+/m0/s1. The van der Waals surface area contributed by atoms with Gasteiger partial charge in [-0.2, -0.15) is 0 Å². The third-order valence-electron chi connectivity index (χ3n) is 14.1. The zero-order valence-corrected chi connectivity index (χ0v) is 33.8. The largest absolute Gasteiger partial charge is 0.490 e. The molecule has 4 aliphatic heterocycles. The van der Waals surface area contributed by atoms with E-state index in [1.165, 1.54) is 11.1 Å². The van der Waals surface area contributed by atoms with Crippen LogP contribution in [0.2, 0.25) is 5.02 Å². The lowest BCUT2D eigenvalue weighted by molar-refractivity contribution is -0.119. The molecule has 6 aliphatic rings. The van der Waals surface area contributed by atoms with Gasteiger partial charge in [0.2, 0.25) is 10.0 Å². The van der Waals surface area contributed by atoms with Crippen molar-refractivity contribution in [3.63, 3.8) is 0 Å². The summed E-state index contributed by atoms with van der Waals surface area (Å²) in [5.41, 5.74) is 2.47. The van der Waals surface area contributed by atoms with E-state index in [-0.39, 0.29) is 47.6 Å². The van der Waals surface area contributed by atoms with E-state index in [9.17, 15) is 22.0 Å². The summed E-state index contributed by atoms with van der Waals surface area (Å²) in [6.45, 7) is 8.40. The minimum atomic E-state index is -4.02. The highest BCUT2D eigenvalue weighted by molar-refractivity contribution is 7.90. The maximum Gasteiger partial charge on any atom is 0.264 e. The third kappa shape index (κ3) is 7.55. The van der Waals surface area contributed by atoms with Gasteiger partial charge in [0.25, 0.3) is 11.8 Å². The van der Waals surface area contributed by atoms with E-state index in [0.717, 1.165) is 50.9 Å². The maximum atomic E-state index is 14.6. The van der Waals surface area contributed by atoms with Crippen LogP contribution in [0.5, 0.6) is 5.75 Å². The fourth-order valence-corrected chi connectivity index (χ4v) is 12.0. The molecule has 2 aromatic rings. The SMILES string of the molecule is CO[C@@]1(CN2CCN3CCC(F)(F)CC3C2)/C=C\C[C@H](C)[C@@H](C)S(=O)(=O)NC(=O)c2ccc3c(c2)N(C[C@@H]2CC[C@H]21)C[C@@]1(CCCc2cc(Cl)ccc21)CO3. The molecule has 0 radical (unpaired) electrons. The molecule has 2 aliphatic carbocycles. The molecule has 1 saturated carbocycles. The summed E-state index contributed by atoms with van der Waals surface area (Å²) in [5.74, 6) is -2.59. The molecule has 1 unspecified atom stereocenters. The topological polar surface area (TPSA) is 91.4 Å². The highest BCUT2D eigenvalue weighted by Gasteiger charge is 2.51. The minimum absolute atomic E-state index is 0.0826. The van der Waals surface area contributed by atoms with Gasteiger partial charge in [-0.25, -0.2) is 21.9 Å². The molecule has 0 aromatic heterocycles. The van der Waals surface area contributed by atoms with Gasteiger partial charge in [-0.15, -0.1) is 0 Å². The van der Waals surface area contributed by atoms with Crippen molar-refractivity contribution in [3.8, 4) is 5.75 Å². The smallest absolute Gasteiger partial charge is 0.264 e. The van der Waals surface area contributed by atoms with Crippen LogP contribution < -0.4 is 14.4 Å². The van der Waals surface area contributed by atoms with Crippen molar-refractivity contribution in [2.24, 2.45) is 17.8 Å². The second-order valence-electron chi connectivity index (χ2n) is 17.4. The van der Waals surface area contributed by atoms with Crippen molar-refractivity contribution < 1.29 is 31.5 Å². The number of piperidine rings is 1. The highest BCUT2D eigenvalue weighted by Crippen LogP contribution is 2.49. The maximum absolute atomic E-state index is 14.6. The summed E-state index contributed by atoms with van der Waals surface area (Å²) < 4.78 is 72.2. The van der Waals surface area contributed by atoms with E-state index in [0.29, 0.717) is 56.5 Å². The first-order chi connectivity index (χ1) is 26.2. The van der Waals surface area contributed by atoms with Crippen LogP contribution in [0.3, 0.4) is 0 Å². The fraction of sp³-hybridized carbons (Fsp3) is 0.643. The van der Waals surface area contributed by atoms with Gasteiger partial charge in [0.05, 0.1) is 17.5 Å². The van der Waals surface area contributed by atoms with Crippen LogP contribution in [-0.2, 0) is 26.6 Å². The molecular weight excluding hydrogens is 746 g/mol. The molecule has 4 heterocycles. The minimum Gasteiger partial charge on any atom is -0.490 e. The number of aryl methyl sites for hydroxylation is 1. The number of anilines is 1. The fourth-order valence-electron chi connectivity index (χ4n) is 10.5. The van der Waals surface area contributed by atoms with Crippen LogP contribution in [0.15, 0.2) is 48.6 Å². The number of sulfonamides is 1. The number of halogens is 3. The number of fused-ring (bicyclic) bond motifs is 5.